The Kier molecular flexibility index (Phi) is 3.35. The number of aliphatic imine (C=N–C) groups is 2. The van der Waals surface area contributed by atoms with E-state index < -0.39 is 0 Å². The van der Waals surface area contributed by atoms with Crippen LogP contribution in [0.25, 0.3) is 0 Å². The Morgan fingerprint density at radius 2 is 2.22 bits per heavy atom. The van der Waals surface area contributed by atoms with Gasteiger partial charge in [-0.15, -0.1) is 0 Å². The van der Waals surface area contributed by atoms with E-state index in [9.17, 15) is 0 Å². The summed E-state index contributed by atoms with van der Waals surface area (Å²) in [6.45, 7) is 5.08. The van der Waals surface area contributed by atoms with E-state index in [0.717, 1.165) is 0 Å². The van der Waals surface area contributed by atoms with Crippen LogP contribution in [0.3, 0.4) is 0 Å². The maximum atomic E-state index is 5.34. The van der Waals surface area contributed by atoms with Crippen LogP contribution >= 0.6 is 0 Å². The molecule has 0 aliphatic carbocycles. The highest BCUT2D eigenvalue weighted by atomic mass is 14.9. The fraction of sp³-hybridized carbons (Fsp3) is 0.333. The van der Waals surface area contributed by atoms with E-state index in [1.807, 2.05) is 0 Å². The van der Waals surface area contributed by atoms with Gasteiger partial charge in [0.2, 0.25) is 0 Å². The second kappa shape index (κ2) is 3.83. The van der Waals surface area contributed by atoms with E-state index >= 15 is 0 Å². The van der Waals surface area contributed by atoms with E-state index in [1.54, 1.807) is 20.0 Å². The third kappa shape index (κ3) is 3.46. The summed E-state index contributed by atoms with van der Waals surface area (Å²) in [5, 5.41) is 0. The quantitative estimate of drug-likeness (QED) is 0.404. The molecule has 50 valence electrons. The van der Waals surface area contributed by atoms with Crippen molar-refractivity contribution in [1.29, 1.82) is 0 Å². The monoisotopic (exact) mass is 125 g/mol. The zero-order valence-electron chi connectivity index (χ0n) is 5.76. The van der Waals surface area contributed by atoms with Crippen LogP contribution in [-0.4, -0.2) is 19.6 Å². The fourth-order valence-corrected chi connectivity index (χ4v) is 0.385. The Hall–Kier alpha value is -1.12. The average molecular weight is 125 g/mol. The number of amidine groups is 1. The zero-order valence-corrected chi connectivity index (χ0v) is 5.76. The molecule has 3 nitrogen and oxygen atoms in total. The molecule has 0 aromatic rings. The van der Waals surface area contributed by atoms with Gasteiger partial charge in [-0.2, -0.15) is 0 Å². The van der Waals surface area contributed by atoms with Gasteiger partial charge in [0.25, 0.3) is 0 Å². The van der Waals surface area contributed by atoms with E-state index in [-0.39, 0.29) is 0 Å². The molecule has 3 heteroatoms. The third-order valence-electron chi connectivity index (χ3n) is 0.748. The largest absolute Gasteiger partial charge is 0.402 e. The van der Waals surface area contributed by atoms with E-state index in [0.29, 0.717) is 11.5 Å². The van der Waals surface area contributed by atoms with Gasteiger partial charge in [-0.3, -0.25) is 4.99 Å². The molecule has 0 saturated heterocycles. The van der Waals surface area contributed by atoms with Gasteiger partial charge in [0, 0.05) is 18.8 Å². The first kappa shape index (κ1) is 7.88. The molecule has 0 unspecified atom stereocenters. The van der Waals surface area contributed by atoms with Crippen molar-refractivity contribution in [3.8, 4) is 0 Å². The summed E-state index contributed by atoms with van der Waals surface area (Å²) in [4.78, 5) is 7.37. The van der Waals surface area contributed by atoms with Crippen LogP contribution in [0.1, 0.15) is 6.92 Å². The summed E-state index contributed by atoms with van der Waals surface area (Å²) in [5.41, 5.74) is 6.02. The molecule has 2 N–H and O–H groups in total. The summed E-state index contributed by atoms with van der Waals surface area (Å²) in [7, 11) is 1.64. The molecule has 0 rings (SSSR count). The van der Waals surface area contributed by atoms with Gasteiger partial charge in [-0.25, -0.2) is 4.99 Å². The molecule has 0 heterocycles. The molecule has 0 spiro atoms. The standard InChI is InChI=1S/C6H11N3/c1-5(7)4-6(8-2)9-3/h4H,2,7H2,1,3H3/b5-4-,9-6?. The van der Waals surface area contributed by atoms with Crippen LogP contribution < -0.4 is 5.73 Å². The van der Waals surface area contributed by atoms with E-state index in [1.165, 1.54) is 0 Å². The van der Waals surface area contributed by atoms with E-state index in [2.05, 4.69) is 16.7 Å². The predicted molar refractivity (Wildman–Crippen MR) is 40.9 cm³/mol. The Labute approximate surface area is 55.0 Å². The molecule has 0 radical (unpaired) electrons. The number of hydrogen-bond acceptors (Lipinski definition) is 2. The molecule has 0 bridgehead atoms. The highest BCUT2D eigenvalue weighted by Crippen LogP contribution is 1.84. The van der Waals surface area contributed by atoms with Crippen molar-refractivity contribution in [3.05, 3.63) is 11.8 Å². The Morgan fingerprint density at radius 1 is 1.67 bits per heavy atom. The van der Waals surface area contributed by atoms with Gasteiger partial charge in [0.05, 0.1) is 0 Å². The second-order valence-electron chi connectivity index (χ2n) is 1.63. The lowest BCUT2D eigenvalue weighted by Gasteiger charge is -1.89. The Balaban J connectivity index is 4.18. The summed E-state index contributed by atoms with van der Waals surface area (Å²) in [5.74, 6) is 0.565. The minimum absolute atomic E-state index is 0.565. The van der Waals surface area contributed by atoms with Crippen LogP contribution in [0.5, 0.6) is 0 Å². The Bertz CT molecular complexity index is 152. The smallest absolute Gasteiger partial charge is 0.147 e. The minimum Gasteiger partial charge on any atom is -0.402 e. The van der Waals surface area contributed by atoms with Crippen LogP contribution in [0, 0.1) is 0 Å². The number of hydrogen-bond donors (Lipinski definition) is 1. The number of rotatable bonds is 1. The van der Waals surface area contributed by atoms with Crippen molar-refractivity contribution in [2.24, 2.45) is 15.7 Å². The molecule has 0 aliphatic heterocycles. The molecule has 0 amide bonds. The van der Waals surface area contributed by atoms with Crippen molar-refractivity contribution in [2.45, 2.75) is 6.92 Å². The normalized spacial score (nSPS) is 13.6. The first-order valence-corrected chi connectivity index (χ1v) is 2.58. The first-order valence-electron chi connectivity index (χ1n) is 2.58. The molecule has 0 aliphatic rings. The summed E-state index contributed by atoms with van der Waals surface area (Å²) < 4.78 is 0. The minimum atomic E-state index is 0.565. The van der Waals surface area contributed by atoms with Gasteiger partial charge in [-0.05, 0) is 13.6 Å². The molecular formula is C6H11N3. The number of allylic oxidation sites excluding steroid dienone is 1. The van der Waals surface area contributed by atoms with Gasteiger partial charge in [-0.1, -0.05) is 0 Å². The van der Waals surface area contributed by atoms with Gasteiger partial charge < -0.3 is 5.73 Å². The highest BCUT2D eigenvalue weighted by Gasteiger charge is 1.84. The lowest BCUT2D eigenvalue weighted by Crippen LogP contribution is -1.95. The molecule has 9 heavy (non-hydrogen) atoms. The molecule has 0 aromatic carbocycles. The Morgan fingerprint density at radius 3 is 2.33 bits per heavy atom. The zero-order chi connectivity index (χ0) is 7.28. The summed E-state index contributed by atoms with van der Waals surface area (Å²) >= 11 is 0. The van der Waals surface area contributed by atoms with Crippen LogP contribution in [0.4, 0.5) is 0 Å². The van der Waals surface area contributed by atoms with Gasteiger partial charge in [0.1, 0.15) is 5.84 Å². The fourth-order valence-electron chi connectivity index (χ4n) is 0.385. The van der Waals surface area contributed by atoms with Crippen molar-refractivity contribution in [3.63, 3.8) is 0 Å². The third-order valence-corrected chi connectivity index (χ3v) is 0.748. The lowest BCUT2D eigenvalue weighted by molar-refractivity contribution is 1.31. The lowest BCUT2D eigenvalue weighted by atomic mass is 10.4. The van der Waals surface area contributed by atoms with Crippen molar-refractivity contribution in [2.75, 3.05) is 7.05 Å². The van der Waals surface area contributed by atoms with Crippen LogP contribution in [-0.2, 0) is 0 Å². The SMILES string of the molecule is C=NC(/C=C(/C)N)=NC. The van der Waals surface area contributed by atoms with Crippen molar-refractivity contribution < 1.29 is 0 Å². The summed E-state index contributed by atoms with van der Waals surface area (Å²) in [6.07, 6.45) is 1.66. The molecule has 0 atom stereocenters. The number of nitrogens with zero attached hydrogens (tertiary/aromatic N) is 2. The topological polar surface area (TPSA) is 50.7 Å². The average Bonchev–Trinajstić information content (AvgIpc) is 1.82. The molecule has 0 saturated carbocycles. The number of nitrogens with two attached hydrogens (primary N) is 1. The van der Waals surface area contributed by atoms with E-state index in [4.69, 9.17) is 5.73 Å². The molecule has 0 aromatic heterocycles. The highest BCUT2D eigenvalue weighted by molar-refractivity contribution is 5.96. The maximum absolute atomic E-state index is 5.34. The summed E-state index contributed by atoms with van der Waals surface area (Å²) in [6, 6.07) is 0. The van der Waals surface area contributed by atoms with Crippen LogP contribution in [0.15, 0.2) is 21.8 Å². The van der Waals surface area contributed by atoms with Crippen molar-refractivity contribution in [1.82, 2.24) is 0 Å². The maximum Gasteiger partial charge on any atom is 0.147 e. The predicted octanol–water partition coefficient (Wildman–Crippen LogP) is 0.578. The van der Waals surface area contributed by atoms with Gasteiger partial charge >= 0.3 is 0 Å². The first-order chi connectivity index (χ1) is 4.20. The van der Waals surface area contributed by atoms with Crippen LogP contribution in [0.2, 0.25) is 0 Å². The van der Waals surface area contributed by atoms with Gasteiger partial charge in [0.15, 0.2) is 0 Å². The molecular weight excluding hydrogens is 114 g/mol. The van der Waals surface area contributed by atoms with Crippen molar-refractivity contribution >= 4 is 12.6 Å². The molecule has 0 fully saturated rings. The second-order valence-corrected chi connectivity index (χ2v) is 1.63.